The fourth-order valence-corrected chi connectivity index (χ4v) is 2.20. The van der Waals surface area contributed by atoms with Crippen molar-refractivity contribution in [2.24, 2.45) is 0 Å². The second kappa shape index (κ2) is 5.48. The van der Waals surface area contributed by atoms with E-state index in [4.69, 9.17) is 4.74 Å². The average molecular weight is 262 g/mol. The fraction of sp³-hybridized carbons (Fsp3) is 0.357. The highest BCUT2D eigenvalue weighted by molar-refractivity contribution is 7.79. The number of benzene rings is 1. The normalized spacial score (nSPS) is 11.1. The first-order valence-corrected chi connectivity index (χ1v) is 6.66. The van der Waals surface area contributed by atoms with Crippen molar-refractivity contribution >= 4 is 23.7 Å². The number of rotatable bonds is 5. The van der Waals surface area contributed by atoms with Crippen LogP contribution in [-0.2, 0) is 12.3 Å². The van der Waals surface area contributed by atoms with Crippen molar-refractivity contribution in [3.05, 3.63) is 36.7 Å². The Hall–Kier alpha value is -1.42. The number of allylic oxidation sites excluding steroid dienone is 1. The molecule has 4 heteroatoms. The quantitative estimate of drug-likeness (QED) is 0.660. The Balaban J connectivity index is 2.48. The number of hydrogen-bond acceptors (Lipinski definition) is 3. The van der Waals surface area contributed by atoms with Gasteiger partial charge in [-0.05, 0) is 26.0 Å². The second-order valence-corrected chi connectivity index (χ2v) is 4.72. The van der Waals surface area contributed by atoms with Crippen LogP contribution in [0, 0.1) is 0 Å². The zero-order chi connectivity index (χ0) is 13.1. The molecule has 0 fully saturated rings. The van der Waals surface area contributed by atoms with Crippen LogP contribution in [0.2, 0.25) is 0 Å². The Morgan fingerprint density at radius 3 is 2.89 bits per heavy atom. The third-order valence-corrected chi connectivity index (χ3v) is 2.91. The van der Waals surface area contributed by atoms with Crippen LogP contribution in [0.4, 0.5) is 0 Å². The van der Waals surface area contributed by atoms with Crippen molar-refractivity contribution in [2.45, 2.75) is 32.2 Å². The zero-order valence-corrected chi connectivity index (χ0v) is 11.7. The molecule has 0 aliphatic rings. The number of ether oxygens (including phenoxy) is 1. The average Bonchev–Trinajstić information content (AvgIpc) is 2.66. The van der Waals surface area contributed by atoms with Gasteiger partial charge in [-0.3, -0.25) is 0 Å². The van der Waals surface area contributed by atoms with Crippen LogP contribution >= 0.6 is 12.6 Å². The van der Waals surface area contributed by atoms with Crippen LogP contribution in [0.25, 0.3) is 11.0 Å². The number of thiol groups is 1. The van der Waals surface area contributed by atoms with E-state index in [-0.39, 0.29) is 6.10 Å². The van der Waals surface area contributed by atoms with Crippen LogP contribution < -0.4 is 4.74 Å². The topological polar surface area (TPSA) is 27.1 Å². The van der Waals surface area contributed by atoms with E-state index in [2.05, 4.69) is 28.8 Å². The van der Waals surface area contributed by atoms with Crippen molar-refractivity contribution in [1.29, 1.82) is 0 Å². The molecule has 0 spiro atoms. The molecule has 1 aromatic heterocycles. The molecule has 18 heavy (non-hydrogen) atoms. The van der Waals surface area contributed by atoms with E-state index >= 15 is 0 Å². The molecule has 0 saturated heterocycles. The number of nitrogens with zero attached hydrogens (tertiary/aromatic N) is 2. The highest BCUT2D eigenvalue weighted by Gasteiger charge is 2.09. The Bertz CT molecular complexity index is 560. The molecule has 0 saturated carbocycles. The maximum Gasteiger partial charge on any atom is 0.121 e. The van der Waals surface area contributed by atoms with Gasteiger partial charge in [-0.1, -0.05) is 6.08 Å². The van der Waals surface area contributed by atoms with Gasteiger partial charge in [-0.25, -0.2) is 4.98 Å². The predicted molar refractivity (Wildman–Crippen MR) is 78.4 cm³/mol. The Labute approximate surface area is 113 Å². The lowest BCUT2D eigenvalue weighted by Crippen LogP contribution is -2.05. The van der Waals surface area contributed by atoms with E-state index in [1.807, 2.05) is 38.1 Å². The van der Waals surface area contributed by atoms with Crippen molar-refractivity contribution in [3.8, 4) is 5.75 Å². The Kier molecular flexibility index (Phi) is 3.97. The highest BCUT2D eigenvalue weighted by atomic mass is 32.1. The van der Waals surface area contributed by atoms with Gasteiger partial charge in [0.1, 0.15) is 11.6 Å². The minimum absolute atomic E-state index is 0.169. The predicted octanol–water partition coefficient (Wildman–Crippen LogP) is 3.44. The molecule has 2 aromatic rings. The lowest BCUT2D eigenvalue weighted by atomic mass is 10.3. The molecule has 0 bridgehead atoms. The highest BCUT2D eigenvalue weighted by Crippen LogP contribution is 2.23. The van der Waals surface area contributed by atoms with Crippen LogP contribution in [-0.4, -0.2) is 15.7 Å². The van der Waals surface area contributed by atoms with Gasteiger partial charge in [0.2, 0.25) is 0 Å². The number of hydrogen-bond donors (Lipinski definition) is 1. The number of aromatic nitrogens is 2. The molecule has 0 aliphatic heterocycles. The lowest BCUT2D eigenvalue weighted by Gasteiger charge is -2.09. The van der Waals surface area contributed by atoms with Crippen molar-refractivity contribution in [1.82, 2.24) is 9.55 Å². The first-order chi connectivity index (χ1) is 8.65. The summed E-state index contributed by atoms with van der Waals surface area (Å²) in [6.45, 7) is 8.55. The molecule has 0 unspecified atom stereocenters. The summed E-state index contributed by atoms with van der Waals surface area (Å²) in [6, 6.07) is 5.99. The van der Waals surface area contributed by atoms with Crippen LogP contribution in [0.3, 0.4) is 0 Å². The van der Waals surface area contributed by atoms with E-state index in [0.717, 1.165) is 29.2 Å². The standard InChI is InChI=1S/C14H18N2OS/c1-4-7-16-13-6-5-11(17-10(2)3)8-12(13)15-14(16)9-18/h4-6,8,10,18H,1,7,9H2,2-3H3. The summed E-state index contributed by atoms with van der Waals surface area (Å²) in [7, 11) is 0. The van der Waals surface area contributed by atoms with E-state index in [9.17, 15) is 0 Å². The molecule has 0 aliphatic carbocycles. The van der Waals surface area contributed by atoms with Gasteiger partial charge < -0.3 is 9.30 Å². The summed E-state index contributed by atoms with van der Waals surface area (Å²) in [5, 5.41) is 0. The third kappa shape index (κ3) is 2.53. The molecule has 0 radical (unpaired) electrons. The minimum atomic E-state index is 0.169. The molecule has 1 heterocycles. The fourth-order valence-electron chi connectivity index (χ4n) is 1.96. The smallest absolute Gasteiger partial charge is 0.121 e. The molecule has 2 rings (SSSR count). The first kappa shape index (κ1) is 13.0. The lowest BCUT2D eigenvalue weighted by molar-refractivity contribution is 0.242. The molecule has 0 atom stereocenters. The van der Waals surface area contributed by atoms with Gasteiger partial charge >= 0.3 is 0 Å². The monoisotopic (exact) mass is 262 g/mol. The number of fused-ring (bicyclic) bond motifs is 1. The van der Waals surface area contributed by atoms with E-state index < -0.39 is 0 Å². The summed E-state index contributed by atoms with van der Waals surface area (Å²) < 4.78 is 7.80. The summed E-state index contributed by atoms with van der Waals surface area (Å²) in [6.07, 6.45) is 2.04. The van der Waals surface area contributed by atoms with E-state index in [1.165, 1.54) is 0 Å². The van der Waals surface area contributed by atoms with Gasteiger partial charge in [-0.2, -0.15) is 12.6 Å². The van der Waals surface area contributed by atoms with Gasteiger partial charge in [0.15, 0.2) is 0 Å². The van der Waals surface area contributed by atoms with Crippen LogP contribution in [0.1, 0.15) is 19.7 Å². The largest absolute Gasteiger partial charge is 0.491 e. The Morgan fingerprint density at radius 1 is 1.50 bits per heavy atom. The Morgan fingerprint density at radius 2 is 2.28 bits per heavy atom. The van der Waals surface area contributed by atoms with Crippen molar-refractivity contribution < 1.29 is 4.74 Å². The summed E-state index contributed by atoms with van der Waals surface area (Å²) >= 11 is 4.32. The molecule has 0 amide bonds. The maximum absolute atomic E-state index is 5.68. The van der Waals surface area contributed by atoms with E-state index in [0.29, 0.717) is 5.75 Å². The maximum atomic E-state index is 5.68. The molecular formula is C14H18N2OS. The summed E-state index contributed by atoms with van der Waals surface area (Å²) in [5.41, 5.74) is 2.04. The first-order valence-electron chi connectivity index (χ1n) is 6.03. The molecule has 0 N–H and O–H groups in total. The van der Waals surface area contributed by atoms with Crippen molar-refractivity contribution in [3.63, 3.8) is 0 Å². The second-order valence-electron chi connectivity index (χ2n) is 4.40. The third-order valence-electron chi connectivity index (χ3n) is 2.62. The van der Waals surface area contributed by atoms with Crippen LogP contribution in [0.15, 0.2) is 30.9 Å². The molecule has 1 aromatic carbocycles. The number of imidazole rings is 1. The van der Waals surface area contributed by atoms with E-state index in [1.54, 1.807) is 0 Å². The minimum Gasteiger partial charge on any atom is -0.491 e. The van der Waals surface area contributed by atoms with Crippen LogP contribution in [0.5, 0.6) is 5.75 Å². The SMILES string of the molecule is C=CCn1c(CS)nc2cc(OC(C)C)ccc21. The van der Waals surface area contributed by atoms with Gasteiger partial charge in [0.05, 0.1) is 17.1 Å². The molecule has 3 nitrogen and oxygen atoms in total. The van der Waals surface area contributed by atoms with Crippen molar-refractivity contribution in [2.75, 3.05) is 0 Å². The van der Waals surface area contributed by atoms with Gasteiger partial charge in [-0.15, -0.1) is 6.58 Å². The molecule has 96 valence electrons. The summed E-state index contributed by atoms with van der Waals surface area (Å²) in [5.74, 6) is 2.42. The summed E-state index contributed by atoms with van der Waals surface area (Å²) in [4.78, 5) is 4.58. The zero-order valence-electron chi connectivity index (χ0n) is 10.8. The van der Waals surface area contributed by atoms with Gasteiger partial charge in [0, 0.05) is 18.4 Å². The van der Waals surface area contributed by atoms with Gasteiger partial charge in [0.25, 0.3) is 0 Å². The molecular weight excluding hydrogens is 244 g/mol.